The SMILES string of the molecule is CCCCCCCCNc1nc(C)cc(C#N)n1. The molecule has 1 aromatic heterocycles. The minimum atomic E-state index is 0.424. The van der Waals surface area contributed by atoms with Gasteiger partial charge in [-0.25, -0.2) is 9.97 Å². The summed E-state index contributed by atoms with van der Waals surface area (Å²) in [6.07, 6.45) is 7.61. The number of hydrogen-bond donors (Lipinski definition) is 1. The summed E-state index contributed by atoms with van der Waals surface area (Å²) in [6.45, 7) is 4.97. The van der Waals surface area contributed by atoms with Gasteiger partial charge in [-0.05, 0) is 19.4 Å². The highest BCUT2D eigenvalue weighted by Crippen LogP contribution is 2.07. The van der Waals surface area contributed by atoms with Crippen LogP contribution >= 0.6 is 0 Å². The number of hydrogen-bond acceptors (Lipinski definition) is 4. The highest BCUT2D eigenvalue weighted by molar-refractivity contribution is 5.32. The predicted octanol–water partition coefficient (Wildman–Crippen LogP) is 3.43. The van der Waals surface area contributed by atoms with Gasteiger partial charge in [0.1, 0.15) is 11.8 Å². The maximum absolute atomic E-state index is 8.81. The third-order valence-electron chi connectivity index (χ3n) is 2.78. The van der Waals surface area contributed by atoms with Gasteiger partial charge in [0.15, 0.2) is 0 Å². The fourth-order valence-electron chi connectivity index (χ4n) is 1.81. The minimum absolute atomic E-state index is 0.424. The zero-order valence-electron chi connectivity index (χ0n) is 11.4. The predicted molar refractivity (Wildman–Crippen MR) is 73.3 cm³/mol. The molecular weight excluding hydrogens is 224 g/mol. The van der Waals surface area contributed by atoms with E-state index in [4.69, 9.17) is 5.26 Å². The van der Waals surface area contributed by atoms with Gasteiger partial charge < -0.3 is 5.32 Å². The van der Waals surface area contributed by atoms with Gasteiger partial charge >= 0.3 is 0 Å². The number of aromatic nitrogens is 2. The summed E-state index contributed by atoms with van der Waals surface area (Å²) in [7, 11) is 0. The van der Waals surface area contributed by atoms with Crippen molar-refractivity contribution in [1.29, 1.82) is 5.26 Å². The van der Waals surface area contributed by atoms with E-state index in [9.17, 15) is 0 Å². The Balaban J connectivity index is 2.23. The lowest BCUT2D eigenvalue weighted by Gasteiger charge is -2.05. The number of nitriles is 1. The largest absolute Gasteiger partial charge is 0.354 e. The molecule has 0 fully saturated rings. The summed E-state index contributed by atoms with van der Waals surface area (Å²) in [5, 5.41) is 12.0. The van der Waals surface area contributed by atoms with Crippen LogP contribution in [0, 0.1) is 18.3 Å². The van der Waals surface area contributed by atoms with Crippen molar-refractivity contribution in [3.63, 3.8) is 0 Å². The Bertz CT molecular complexity index is 395. The van der Waals surface area contributed by atoms with E-state index in [2.05, 4.69) is 22.2 Å². The van der Waals surface area contributed by atoms with Crippen LogP contribution in [0.5, 0.6) is 0 Å². The number of rotatable bonds is 8. The van der Waals surface area contributed by atoms with E-state index >= 15 is 0 Å². The van der Waals surface area contributed by atoms with Gasteiger partial charge in [0.25, 0.3) is 0 Å². The Kier molecular flexibility index (Phi) is 6.78. The lowest BCUT2D eigenvalue weighted by molar-refractivity contribution is 0.616. The molecule has 1 rings (SSSR count). The molecule has 0 aliphatic carbocycles. The fraction of sp³-hybridized carbons (Fsp3) is 0.643. The van der Waals surface area contributed by atoms with Crippen molar-refractivity contribution in [2.75, 3.05) is 11.9 Å². The molecule has 0 amide bonds. The molecule has 1 heterocycles. The van der Waals surface area contributed by atoms with Crippen molar-refractivity contribution in [2.24, 2.45) is 0 Å². The Morgan fingerprint density at radius 3 is 2.61 bits per heavy atom. The molecule has 18 heavy (non-hydrogen) atoms. The van der Waals surface area contributed by atoms with E-state index in [0.717, 1.165) is 18.7 Å². The molecule has 4 nitrogen and oxygen atoms in total. The van der Waals surface area contributed by atoms with Crippen molar-refractivity contribution in [3.05, 3.63) is 17.5 Å². The van der Waals surface area contributed by atoms with E-state index in [1.54, 1.807) is 6.07 Å². The number of nitrogens with zero attached hydrogens (tertiary/aromatic N) is 3. The first kappa shape index (κ1) is 14.4. The first-order chi connectivity index (χ1) is 8.76. The number of nitrogens with one attached hydrogen (secondary N) is 1. The molecule has 0 aliphatic heterocycles. The van der Waals surface area contributed by atoms with Crippen molar-refractivity contribution in [2.45, 2.75) is 52.4 Å². The first-order valence-electron chi connectivity index (χ1n) is 6.76. The molecule has 0 atom stereocenters. The molecule has 0 bridgehead atoms. The maximum atomic E-state index is 8.81. The van der Waals surface area contributed by atoms with Crippen LogP contribution in [-0.2, 0) is 0 Å². The van der Waals surface area contributed by atoms with Crippen LogP contribution in [-0.4, -0.2) is 16.5 Å². The molecule has 0 radical (unpaired) electrons. The molecule has 1 aromatic rings. The summed E-state index contributed by atoms with van der Waals surface area (Å²) in [5.74, 6) is 0.570. The van der Waals surface area contributed by atoms with Crippen LogP contribution in [0.3, 0.4) is 0 Å². The van der Waals surface area contributed by atoms with Crippen molar-refractivity contribution < 1.29 is 0 Å². The Hall–Kier alpha value is -1.63. The summed E-state index contributed by atoms with van der Waals surface area (Å²) in [4.78, 5) is 8.37. The lowest BCUT2D eigenvalue weighted by Crippen LogP contribution is -2.07. The Labute approximate surface area is 109 Å². The van der Waals surface area contributed by atoms with E-state index in [-0.39, 0.29) is 0 Å². The molecule has 98 valence electrons. The van der Waals surface area contributed by atoms with Gasteiger partial charge in [-0.15, -0.1) is 0 Å². The normalized spacial score (nSPS) is 10.1. The average molecular weight is 246 g/mol. The molecule has 1 N–H and O–H groups in total. The van der Waals surface area contributed by atoms with Gasteiger partial charge in [0, 0.05) is 12.2 Å². The smallest absolute Gasteiger partial charge is 0.224 e. The van der Waals surface area contributed by atoms with Gasteiger partial charge in [0.05, 0.1) is 0 Å². The standard InChI is InChI=1S/C14H22N4/c1-3-4-5-6-7-8-9-16-14-17-12(2)10-13(11-15)18-14/h10H,3-9H2,1-2H3,(H,16,17,18). The Morgan fingerprint density at radius 2 is 1.89 bits per heavy atom. The topological polar surface area (TPSA) is 61.6 Å². The van der Waals surface area contributed by atoms with Crippen molar-refractivity contribution in [1.82, 2.24) is 9.97 Å². The zero-order chi connectivity index (χ0) is 13.2. The van der Waals surface area contributed by atoms with E-state index in [0.29, 0.717) is 11.6 Å². The number of aryl methyl sites for hydroxylation is 1. The van der Waals surface area contributed by atoms with Crippen molar-refractivity contribution >= 4 is 5.95 Å². The summed E-state index contributed by atoms with van der Waals surface area (Å²) >= 11 is 0. The molecule has 0 aromatic carbocycles. The number of unbranched alkanes of at least 4 members (excludes halogenated alkanes) is 5. The molecule has 0 spiro atoms. The fourth-order valence-corrected chi connectivity index (χ4v) is 1.81. The summed E-state index contributed by atoms with van der Waals surface area (Å²) in [5.41, 5.74) is 1.25. The highest BCUT2D eigenvalue weighted by Gasteiger charge is 2.00. The third kappa shape index (κ3) is 5.62. The van der Waals surface area contributed by atoms with E-state index in [1.165, 1.54) is 32.1 Å². The van der Waals surface area contributed by atoms with Gasteiger partial charge in [-0.1, -0.05) is 39.0 Å². The molecular formula is C14H22N4. The van der Waals surface area contributed by atoms with E-state index < -0.39 is 0 Å². The second-order valence-corrected chi connectivity index (χ2v) is 4.52. The summed E-state index contributed by atoms with van der Waals surface area (Å²) in [6, 6.07) is 3.73. The van der Waals surface area contributed by atoms with Crippen LogP contribution < -0.4 is 5.32 Å². The quantitative estimate of drug-likeness (QED) is 0.714. The molecule has 4 heteroatoms. The summed E-state index contributed by atoms with van der Waals surface area (Å²) < 4.78 is 0. The van der Waals surface area contributed by atoms with Crippen molar-refractivity contribution in [3.8, 4) is 6.07 Å². The van der Waals surface area contributed by atoms with Crippen LogP contribution in [0.2, 0.25) is 0 Å². The second-order valence-electron chi connectivity index (χ2n) is 4.52. The molecule has 0 saturated heterocycles. The highest BCUT2D eigenvalue weighted by atomic mass is 15.1. The maximum Gasteiger partial charge on any atom is 0.224 e. The number of anilines is 1. The second kappa shape index (κ2) is 8.46. The van der Waals surface area contributed by atoms with Gasteiger partial charge in [0.2, 0.25) is 5.95 Å². The van der Waals surface area contributed by atoms with Crippen LogP contribution in [0.15, 0.2) is 6.07 Å². The Morgan fingerprint density at radius 1 is 1.17 bits per heavy atom. The third-order valence-corrected chi connectivity index (χ3v) is 2.78. The molecule has 0 saturated carbocycles. The molecule has 0 unspecified atom stereocenters. The molecule has 0 aliphatic rings. The van der Waals surface area contributed by atoms with E-state index in [1.807, 2.05) is 13.0 Å². The minimum Gasteiger partial charge on any atom is -0.354 e. The average Bonchev–Trinajstić information content (AvgIpc) is 2.37. The van der Waals surface area contributed by atoms with Gasteiger partial charge in [-0.3, -0.25) is 0 Å². The van der Waals surface area contributed by atoms with Crippen LogP contribution in [0.4, 0.5) is 5.95 Å². The van der Waals surface area contributed by atoms with Crippen LogP contribution in [0.1, 0.15) is 56.8 Å². The lowest BCUT2D eigenvalue weighted by atomic mass is 10.1. The zero-order valence-corrected chi connectivity index (χ0v) is 11.4. The first-order valence-corrected chi connectivity index (χ1v) is 6.76. The van der Waals surface area contributed by atoms with Crippen LogP contribution in [0.25, 0.3) is 0 Å². The monoisotopic (exact) mass is 246 g/mol. The van der Waals surface area contributed by atoms with Gasteiger partial charge in [-0.2, -0.15) is 5.26 Å².